The van der Waals surface area contributed by atoms with Crippen molar-refractivity contribution in [2.75, 3.05) is 11.5 Å². The van der Waals surface area contributed by atoms with Gasteiger partial charge in [0.2, 0.25) is 5.82 Å². The Balaban J connectivity index is 1.55. The van der Waals surface area contributed by atoms with Gasteiger partial charge in [-0.15, -0.1) is 5.10 Å². The van der Waals surface area contributed by atoms with Crippen LogP contribution in [-0.4, -0.2) is 47.5 Å². The van der Waals surface area contributed by atoms with Crippen molar-refractivity contribution in [3.63, 3.8) is 0 Å². The Morgan fingerprint density at radius 2 is 1.77 bits per heavy atom. The molecule has 14 nitrogen and oxygen atoms in total. The number of carbonyl (C=O) groups is 1. The zero-order valence-electron chi connectivity index (χ0n) is 14.9. The van der Waals surface area contributed by atoms with E-state index in [0.29, 0.717) is 0 Å². The highest BCUT2D eigenvalue weighted by Gasteiger charge is 2.24. The minimum atomic E-state index is -0.484. The maximum atomic E-state index is 12.3. The first-order valence-electron chi connectivity index (χ1n) is 8.20. The van der Waals surface area contributed by atoms with Crippen molar-refractivity contribution in [1.29, 1.82) is 0 Å². The van der Waals surface area contributed by atoms with Crippen LogP contribution < -0.4 is 16.9 Å². The van der Waals surface area contributed by atoms with Gasteiger partial charge in [-0.1, -0.05) is 28.1 Å². The highest BCUT2D eigenvalue weighted by Crippen LogP contribution is 2.25. The van der Waals surface area contributed by atoms with E-state index in [2.05, 4.69) is 66.4 Å². The lowest BCUT2D eigenvalue weighted by atomic mass is 10.2. The van der Waals surface area contributed by atoms with Gasteiger partial charge in [0.1, 0.15) is 6.54 Å². The molecule has 4 aromatic rings. The summed E-state index contributed by atoms with van der Waals surface area (Å²) in [6.07, 6.45) is 1.50. The second kappa shape index (κ2) is 8.08. The molecule has 0 saturated heterocycles. The van der Waals surface area contributed by atoms with Gasteiger partial charge in [0.05, 0.1) is 6.21 Å². The van der Waals surface area contributed by atoms with Crippen LogP contribution in [-0.2, 0) is 11.3 Å². The monoisotopic (exact) mass is 473 g/mol. The molecule has 0 atom stereocenters. The molecule has 3 heterocycles. The van der Waals surface area contributed by atoms with Gasteiger partial charge < -0.3 is 11.5 Å². The number of carbonyl (C=O) groups excluding carboxylic acids is 1. The number of nitrogens with two attached hydrogens (primary N) is 2. The standard InChI is InChI=1S/C15H12BrN11O3/c16-8-3-1-7(2-4-8)5-19-21-9(28)6-27-15(11-13(18)26-30-24-11)20-14(22-27)10-12(17)25-29-23-10/h1-5H,6H2,(H2,17,25)(H2,18,26)(H,21,28)/b19-5-. The molecule has 0 spiro atoms. The second-order valence-corrected chi connectivity index (χ2v) is 6.67. The number of hydrogen-bond acceptors (Lipinski definition) is 12. The van der Waals surface area contributed by atoms with Gasteiger partial charge in [0.15, 0.2) is 28.8 Å². The number of nitrogens with zero attached hydrogens (tertiary/aromatic N) is 8. The zero-order chi connectivity index (χ0) is 21.1. The zero-order valence-corrected chi connectivity index (χ0v) is 16.5. The van der Waals surface area contributed by atoms with Crippen LogP contribution in [0, 0.1) is 0 Å². The Labute approximate surface area is 175 Å². The van der Waals surface area contributed by atoms with Gasteiger partial charge in [-0.2, -0.15) is 5.10 Å². The van der Waals surface area contributed by atoms with E-state index in [-0.39, 0.29) is 41.2 Å². The molecule has 0 aliphatic rings. The molecule has 4 rings (SSSR count). The molecule has 0 bridgehead atoms. The molecule has 0 radical (unpaired) electrons. The van der Waals surface area contributed by atoms with Gasteiger partial charge in [-0.3, -0.25) is 4.79 Å². The highest BCUT2D eigenvalue weighted by molar-refractivity contribution is 9.10. The van der Waals surface area contributed by atoms with Crippen LogP contribution in [0.5, 0.6) is 0 Å². The number of halogens is 1. The molecule has 0 unspecified atom stereocenters. The Hall–Kier alpha value is -4.14. The summed E-state index contributed by atoms with van der Waals surface area (Å²) in [7, 11) is 0. The van der Waals surface area contributed by atoms with E-state index in [1.54, 1.807) is 0 Å². The van der Waals surface area contributed by atoms with Crippen molar-refractivity contribution >= 4 is 39.7 Å². The fourth-order valence-electron chi connectivity index (χ4n) is 2.33. The minimum Gasteiger partial charge on any atom is -0.379 e. The quantitative estimate of drug-likeness (QED) is 0.259. The number of rotatable bonds is 6. The van der Waals surface area contributed by atoms with Crippen LogP contribution in [0.25, 0.3) is 23.0 Å². The molecular weight excluding hydrogens is 462 g/mol. The summed E-state index contributed by atoms with van der Waals surface area (Å²) in [6, 6.07) is 7.37. The van der Waals surface area contributed by atoms with Gasteiger partial charge in [0.25, 0.3) is 5.91 Å². The first-order valence-corrected chi connectivity index (χ1v) is 8.99. The normalized spacial score (nSPS) is 11.2. The average molecular weight is 474 g/mol. The van der Waals surface area contributed by atoms with Crippen LogP contribution in [0.15, 0.2) is 43.1 Å². The second-order valence-electron chi connectivity index (χ2n) is 5.76. The molecule has 30 heavy (non-hydrogen) atoms. The third kappa shape index (κ3) is 4.00. The fraction of sp³-hybridized carbons (Fsp3) is 0.0667. The van der Waals surface area contributed by atoms with Crippen molar-refractivity contribution in [2.45, 2.75) is 6.54 Å². The summed E-state index contributed by atoms with van der Waals surface area (Å²) in [6.45, 7) is -0.266. The predicted octanol–water partition coefficient (Wildman–Crippen LogP) is 0.455. The molecule has 0 saturated carbocycles. The molecule has 15 heteroatoms. The molecule has 0 fully saturated rings. The van der Waals surface area contributed by atoms with E-state index in [1.807, 2.05) is 24.3 Å². The molecule has 0 aliphatic heterocycles. The summed E-state index contributed by atoms with van der Waals surface area (Å²) < 4.78 is 11.3. The molecule has 152 valence electrons. The number of hydrogen-bond donors (Lipinski definition) is 3. The SMILES string of the molecule is Nc1nonc1-c1nc(-c2nonc2N)n(CC(=O)N/N=C\c2ccc(Br)cc2)n1. The predicted molar refractivity (Wildman–Crippen MR) is 105 cm³/mol. The molecule has 5 N–H and O–H groups in total. The summed E-state index contributed by atoms with van der Waals surface area (Å²) in [5.41, 5.74) is 14.8. The smallest absolute Gasteiger partial charge is 0.261 e. The van der Waals surface area contributed by atoms with Gasteiger partial charge in [0, 0.05) is 4.47 Å². The minimum absolute atomic E-state index is 0.0199. The Kier molecular flexibility index (Phi) is 5.17. The fourth-order valence-corrected chi connectivity index (χ4v) is 2.59. The lowest BCUT2D eigenvalue weighted by Gasteiger charge is -2.03. The number of anilines is 2. The van der Waals surface area contributed by atoms with E-state index < -0.39 is 5.91 Å². The largest absolute Gasteiger partial charge is 0.379 e. The van der Waals surface area contributed by atoms with E-state index in [1.165, 1.54) is 10.9 Å². The molecule has 1 amide bonds. The number of amides is 1. The van der Waals surface area contributed by atoms with Crippen molar-refractivity contribution in [3.05, 3.63) is 34.3 Å². The lowest BCUT2D eigenvalue weighted by molar-refractivity contribution is -0.121. The van der Waals surface area contributed by atoms with Crippen molar-refractivity contribution in [3.8, 4) is 23.0 Å². The molecule has 1 aromatic carbocycles. The molecule has 0 aliphatic carbocycles. The maximum absolute atomic E-state index is 12.3. The van der Waals surface area contributed by atoms with E-state index in [4.69, 9.17) is 11.5 Å². The summed E-state index contributed by atoms with van der Waals surface area (Å²) in [4.78, 5) is 16.6. The van der Waals surface area contributed by atoms with Gasteiger partial charge in [-0.25, -0.2) is 24.3 Å². The number of benzene rings is 1. The van der Waals surface area contributed by atoms with Crippen LogP contribution in [0.1, 0.15) is 5.56 Å². The van der Waals surface area contributed by atoms with E-state index in [0.717, 1.165) is 10.0 Å². The Morgan fingerprint density at radius 3 is 2.40 bits per heavy atom. The summed E-state index contributed by atoms with van der Waals surface area (Å²) in [5, 5.41) is 22.4. The Bertz CT molecular complexity index is 1210. The van der Waals surface area contributed by atoms with Crippen LogP contribution >= 0.6 is 15.9 Å². The lowest BCUT2D eigenvalue weighted by Crippen LogP contribution is -2.24. The van der Waals surface area contributed by atoms with Crippen molar-refractivity contribution < 1.29 is 14.1 Å². The number of aromatic nitrogens is 7. The van der Waals surface area contributed by atoms with Crippen molar-refractivity contribution in [2.24, 2.45) is 5.10 Å². The van der Waals surface area contributed by atoms with E-state index in [9.17, 15) is 4.79 Å². The van der Waals surface area contributed by atoms with E-state index >= 15 is 0 Å². The van der Waals surface area contributed by atoms with Crippen LogP contribution in [0.3, 0.4) is 0 Å². The summed E-state index contributed by atoms with van der Waals surface area (Å²) >= 11 is 3.35. The van der Waals surface area contributed by atoms with Crippen LogP contribution in [0.4, 0.5) is 11.6 Å². The first-order chi connectivity index (χ1) is 14.5. The van der Waals surface area contributed by atoms with Crippen molar-refractivity contribution in [1.82, 2.24) is 40.8 Å². The maximum Gasteiger partial charge on any atom is 0.261 e. The number of hydrazone groups is 1. The highest BCUT2D eigenvalue weighted by atomic mass is 79.9. The molecule has 3 aromatic heterocycles. The number of nitrogen functional groups attached to an aromatic ring is 2. The summed E-state index contributed by atoms with van der Waals surface area (Å²) in [5.74, 6) is -0.374. The van der Waals surface area contributed by atoms with Crippen LogP contribution in [0.2, 0.25) is 0 Å². The first kappa shape index (κ1) is 19.2. The molecular formula is C15H12BrN11O3. The van der Waals surface area contributed by atoms with Gasteiger partial charge in [-0.05, 0) is 38.3 Å². The number of nitrogens with one attached hydrogen (secondary N) is 1. The topological polar surface area (TPSA) is 202 Å². The third-order valence-corrected chi connectivity index (χ3v) is 4.22. The third-order valence-electron chi connectivity index (χ3n) is 3.69. The Morgan fingerprint density at radius 1 is 1.10 bits per heavy atom. The average Bonchev–Trinajstić information content (AvgIpc) is 3.43. The van der Waals surface area contributed by atoms with Gasteiger partial charge >= 0.3 is 0 Å².